The highest BCUT2D eigenvalue weighted by atomic mass is 35.5. The number of ether oxygens (including phenoxy) is 1. The Kier molecular flexibility index (Phi) is 8.04. The first-order valence-electron chi connectivity index (χ1n) is 12.8. The summed E-state index contributed by atoms with van der Waals surface area (Å²) in [6.45, 7) is 3.65. The fraction of sp³-hybridized carbons (Fsp3) is 0.481. The van der Waals surface area contributed by atoms with Gasteiger partial charge in [0.05, 0.1) is 27.5 Å². The van der Waals surface area contributed by atoms with Crippen LogP contribution in [0.4, 0.5) is 0 Å². The molecule has 4 heterocycles. The van der Waals surface area contributed by atoms with Crippen LogP contribution >= 0.6 is 22.9 Å². The maximum Gasteiger partial charge on any atom is 0.246 e. The largest absolute Gasteiger partial charge is 0.381 e. The molecule has 196 valence electrons. The highest BCUT2D eigenvalue weighted by molar-refractivity contribution is 7.18. The van der Waals surface area contributed by atoms with Gasteiger partial charge in [0, 0.05) is 31.5 Å². The molecule has 2 aromatic heterocycles. The Bertz CT molecular complexity index is 1280. The Morgan fingerprint density at radius 3 is 2.73 bits per heavy atom. The molecule has 0 saturated carbocycles. The van der Waals surface area contributed by atoms with E-state index < -0.39 is 6.04 Å². The van der Waals surface area contributed by atoms with Crippen LogP contribution in [0.25, 0.3) is 21.5 Å². The van der Waals surface area contributed by atoms with Crippen molar-refractivity contribution in [2.75, 3.05) is 26.8 Å². The van der Waals surface area contributed by atoms with E-state index in [1.165, 1.54) is 0 Å². The quantitative estimate of drug-likeness (QED) is 0.465. The fourth-order valence-electron chi connectivity index (χ4n) is 5.17. The molecular weight excluding hydrogens is 510 g/mol. The molecule has 3 atom stereocenters. The van der Waals surface area contributed by atoms with Crippen LogP contribution in [0.3, 0.4) is 0 Å². The molecule has 5 rings (SSSR count). The van der Waals surface area contributed by atoms with E-state index >= 15 is 0 Å². The number of nitrogens with zero attached hydrogens (tertiary/aromatic N) is 3. The van der Waals surface area contributed by atoms with Gasteiger partial charge < -0.3 is 20.3 Å². The van der Waals surface area contributed by atoms with Crippen molar-refractivity contribution in [3.05, 3.63) is 46.6 Å². The van der Waals surface area contributed by atoms with E-state index in [1.807, 2.05) is 35.2 Å². The van der Waals surface area contributed by atoms with Gasteiger partial charge >= 0.3 is 0 Å². The van der Waals surface area contributed by atoms with Gasteiger partial charge in [-0.05, 0) is 57.7 Å². The SMILES string of the molecule is CNC(C)C(=O)NC(C(=O)N1CCCC1c1nc2c(-c3ccccc3Cl)nccc2s1)C1CCOCC1. The third-order valence-corrected chi connectivity index (χ3v) is 8.85. The second kappa shape index (κ2) is 11.4. The van der Waals surface area contributed by atoms with Gasteiger partial charge in [0.15, 0.2) is 0 Å². The molecular formula is C27H32ClN5O3S. The highest BCUT2D eigenvalue weighted by Crippen LogP contribution is 2.40. The van der Waals surface area contributed by atoms with Crippen molar-refractivity contribution in [1.29, 1.82) is 0 Å². The number of likely N-dealkylation sites (N-methyl/N-ethyl adjacent to an activating group) is 1. The second-order valence-corrected chi connectivity index (χ2v) is 11.1. The third-order valence-electron chi connectivity index (χ3n) is 7.40. The van der Waals surface area contributed by atoms with Gasteiger partial charge in [0.25, 0.3) is 0 Å². The van der Waals surface area contributed by atoms with E-state index in [1.54, 1.807) is 31.5 Å². The first kappa shape index (κ1) is 26.0. The van der Waals surface area contributed by atoms with Crippen molar-refractivity contribution in [3.8, 4) is 11.3 Å². The Labute approximate surface area is 225 Å². The van der Waals surface area contributed by atoms with Crippen molar-refractivity contribution < 1.29 is 14.3 Å². The van der Waals surface area contributed by atoms with Gasteiger partial charge in [-0.15, -0.1) is 11.3 Å². The van der Waals surface area contributed by atoms with E-state index in [0.29, 0.717) is 24.8 Å². The lowest BCUT2D eigenvalue weighted by Gasteiger charge is -2.35. The summed E-state index contributed by atoms with van der Waals surface area (Å²) in [5.74, 6) is -0.157. The van der Waals surface area contributed by atoms with Crippen LogP contribution in [-0.2, 0) is 14.3 Å². The van der Waals surface area contributed by atoms with Crippen LogP contribution in [0, 0.1) is 5.92 Å². The summed E-state index contributed by atoms with van der Waals surface area (Å²) in [4.78, 5) is 38.4. The molecule has 3 unspecified atom stereocenters. The maximum atomic E-state index is 14.0. The van der Waals surface area contributed by atoms with E-state index in [-0.39, 0.29) is 29.8 Å². The van der Waals surface area contributed by atoms with Crippen LogP contribution < -0.4 is 10.6 Å². The van der Waals surface area contributed by atoms with Crippen molar-refractivity contribution >= 4 is 45.0 Å². The monoisotopic (exact) mass is 541 g/mol. The summed E-state index contributed by atoms with van der Waals surface area (Å²) in [5.41, 5.74) is 2.38. The van der Waals surface area contributed by atoms with Gasteiger partial charge in [0.2, 0.25) is 11.8 Å². The molecule has 0 spiro atoms. The minimum absolute atomic E-state index is 0.0326. The van der Waals surface area contributed by atoms with Gasteiger partial charge in [-0.2, -0.15) is 0 Å². The molecule has 8 nitrogen and oxygen atoms in total. The summed E-state index contributed by atoms with van der Waals surface area (Å²) in [6.07, 6.45) is 5.00. The molecule has 1 aromatic carbocycles. The lowest BCUT2D eigenvalue weighted by Crippen LogP contribution is -2.56. The molecule has 0 aliphatic carbocycles. The number of thiazole rings is 1. The highest BCUT2D eigenvalue weighted by Gasteiger charge is 2.40. The molecule has 2 amide bonds. The zero-order chi connectivity index (χ0) is 25.9. The number of pyridine rings is 1. The van der Waals surface area contributed by atoms with E-state index in [2.05, 4.69) is 15.6 Å². The molecule has 0 bridgehead atoms. The minimum Gasteiger partial charge on any atom is -0.381 e. The number of rotatable bonds is 7. The number of halogens is 1. The lowest BCUT2D eigenvalue weighted by molar-refractivity contribution is -0.140. The molecule has 3 aromatic rings. The normalized spacial score (nSPS) is 20.2. The van der Waals surface area contributed by atoms with Crippen LogP contribution in [0.15, 0.2) is 36.5 Å². The average molecular weight is 542 g/mol. The first-order valence-corrected chi connectivity index (χ1v) is 14.0. The van der Waals surface area contributed by atoms with Gasteiger partial charge in [-0.25, -0.2) is 4.98 Å². The number of hydrogen-bond donors (Lipinski definition) is 2. The summed E-state index contributed by atoms with van der Waals surface area (Å²) >= 11 is 8.07. The number of hydrogen-bond acceptors (Lipinski definition) is 7. The number of fused-ring (bicyclic) bond motifs is 1. The number of carbonyl (C=O) groups excluding carboxylic acids is 2. The van der Waals surface area contributed by atoms with E-state index in [4.69, 9.17) is 21.3 Å². The zero-order valence-electron chi connectivity index (χ0n) is 21.1. The summed E-state index contributed by atoms with van der Waals surface area (Å²) < 4.78 is 6.55. The number of nitrogens with one attached hydrogen (secondary N) is 2. The molecule has 2 saturated heterocycles. The lowest BCUT2D eigenvalue weighted by atomic mass is 9.90. The van der Waals surface area contributed by atoms with Gasteiger partial charge in [0.1, 0.15) is 16.6 Å². The fourth-order valence-corrected chi connectivity index (χ4v) is 6.51. The predicted molar refractivity (Wildman–Crippen MR) is 146 cm³/mol. The van der Waals surface area contributed by atoms with Crippen molar-refractivity contribution in [2.45, 2.75) is 50.7 Å². The summed E-state index contributed by atoms with van der Waals surface area (Å²) in [7, 11) is 1.74. The summed E-state index contributed by atoms with van der Waals surface area (Å²) in [5, 5.41) is 7.55. The summed E-state index contributed by atoms with van der Waals surface area (Å²) in [6, 6.07) is 8.49. The van der Waals surface area contributed by atoms with Crippen molar-refractivity contribution in [1.82, 2.24) is 25.5 Å². The molecule has 2 aliphatic heterocycles. The topological polar surface area (TPSA) is 96.5 Å². The zero-order valence-corrected chi connectivity index (χ0v) is 22.6. The Hall–Kier alpha value is -2.59. The van der Waals surface area contributed by atoms with Crippen LogP contribution in [0.1, 0.15) is 43.7 Å². The number of carbonyl (C=O) groups is 2. The van der Waals surface area contributed by atoms with Crippen molar-refractivity contribution in [3.63, 3.8) is 0 Å². The first-order chi connectivity index (χ1) is 18.0. The minimum atomic E-state index is -0.581. The van der Waals surface area contributed by atoms with E-state index in [9.17, 15) is 9.59 Å². The predicted octanol–water partition coefficient (Wildman–Crippen LogP) is 4.19. The standard InChI is InChI=1S/C27H32ClN5O3S/c1-16(29-2)25(34)31-22(17-10-14-36-15-11-17)27(35)33-13-5-8-20(33)26-32-24-21(37-26)9-12-30-23(24)18-6-3-4-7-19(18)28/h3-4,6-7,9,12,16-17,20,22,29H,5,8,10-11,13-15H2,1-2H3,(H,31,34). The Morgan fingerprint density at radius 1 is 1.19 bits per heavy atom. The second-order valence-electron chi connectivity index (χ2n) is 9.67. The molecule has 2 fully saturated rings. The van der Waals surface area contributed by atoms with Crippen LogP contribution in [-0.4, -0.2) is 65.6 Å². The van der Waals surface area contributed by atoms with Gasteiger partial charge in [-0.3, -0.25) is 14.6 Å². The molecule has 10 heteroatoms. The Morgan fingerprint density at radius 2 is 1.97 bits per heavy atom. The molecule has 37 heavy (non-hydrogen) atoms. The maximum absolute atomic E-state index is 14.0. The molecule has 2 aliphatic rings. The number of amides is 2. The smallest absolute Gasteiger partial charge is 0.246 e. The van der Waals surface area contributed by atoms with Gasteiger partial charge in [-0.1, -0.05) is 29.8 Å². The average Bonchev–Trinajstić information content (AvgIpc) is 3.59. The third kappa shape index (κ3) is 5.36. The Balaban J connectivity index is 1.45. The number of aromatic nitrogens is 2. The van der Waals surface area contributed by atoms with E-state index in [0.717, 1.165) is 52.2 Å². The number of benzene rings is 1. The molecule has 0 radical (unpaired) electrons. The van der Waals surface area contributed by atoms with Crippen LogP contribution in [0.5, 0.6) is 0 Å². The molecule has 2 N–H and O–H groups in total. The van der Waals surface area contributed by atoms with Crippen LogP contribution in [0.2, 0.25) is 5.02 Å². The van der Waals surface area contributed by atoms with Crippen molar-refractivity contribution in [2.24, 2.45) is 5.92 Å². The number of likely N-dealkylation sites (tertiary alicyclic amines) is 1.